The third-order valence-corrected chi connectivity index (χ3v) is 4.95. The van der Waals surface area contributed by atoms with Gasteiger partial charge in [-0.05, 0) is 55.3 Å². The number of hydrogen-bond donors (Lipinski definition) is 1. The summed E-state index contributed by atoms with van der Waals surface area (Å²) in [5, 5.41) is 0. The van der Waals surface area contributed by atoms with Gasteiger partial charge in [0.1, 0.15) is 0 Å². The van der Waals surface area contributed by atoms with Crippen LogP contribution in [0.4, 0.5) is 0 Å². The zero-order valence-corrected chi connectivity index (χ0v) is 9.97. The maximum Gasteiger partial charge on any atom is 0.00957 e. The molecule has 2 N–H and O–H groups in total. The monoisotopic (exact) mass is 195 g/mol. The molecule has 2 saturated carbocycles. The molecule has 0 aliphatic heterocycles. The van der Waals surface area contributed by atoms with E-state index in [0.29, 0.717) is 16.9 Å². The fourth-order valence-corrected chi connectivity index (χ4v) is 3.40. The lowest BCUT2D eigenvalue weighted by Gasteiger charge is -2.53. The molecule has 0 heterocycles. The van der Waals surface area contributed by atoms with E-state index in [0.717, 1.165) is 5.92 Å². The fraction of sp³-hybridized carbons (Fsp3) is 1.00. The first-order valence-corrected chi connectivity index (χ1v) is 6.20. The minimum atomic E-state index is 0.509. The van der Waals surface area contributed by atoms with Crippen molar-refractivity contribution in [3.63, 3.8) is 0 Å². The normalized spacial score (nSPS) is 43.7. The molecular weight excluding hydrogens is 170 g/mol. The molecule has 0 saturated heterocycles. The van der Waals surface area contributed by atoms with E-state index in [1.54, 1.807) is 0 Å². The van der Waals surface area contributed by atoms with Gasteiger partial charge < -0.3 is 5.73 Å². The highest BCUT2D eigenvalue weighted by atomic mass is 14.7. The summed E-state index contributed by atoms with van der Waals surface area (Å²) in [5.74, 6) is 0.931. The molecule has 0 aromatic rings. The lowest BCUT2D eigenvalue weighted by atomic mass is 9.54. The maximum atomic E-state index is 6.14. The van der Waals surface area contributed by atoms with Gasteiger partial charge in [0, 0.05) is 6.04 Å². The molecule has 82 valence electrons. The first-order valence-electron chi connectivity index (χ1n) is 6.20. The predicted octanol–water partition coefficient (Wildman–Crippen LogP) is 3.33. The van der Waals surface area contributed by atoms with Gasteiger partial charge in [-0.3, -0.25) is 0 Å². The molecular formula is C13H25N. The molecule has 2 aliphatic carbocycles. The Labute approximate surface area is 88.4 Å². The van der Waals surface area contributed by atoms with E-state index in [9.17, 15) is 0 Å². The topological polar surface area (TPSA) is 26.0 Å². The summed E-state index contributed by atoms with van der Waals surface area (Å²) in [5.41, 5.74) is 7.24. The SMILES string of the molecule is CC(C)(C)C1CCC2(CC1)CC[C@H]2N. The Morgan fingerprint density at radius 3 is 1.79 bits per heavy atom. The van der Waals surface area contributed by atoms with Crippen molar-refractivity contribution in [3.8, 4) is 0 Å². The molecule has 0 aromatic heterocycles. The van der Waals surface area contributed by atoms with Crippen LogP contribution in [0.25, 0.3) is 0 Å². The van der Waals surface area contributed by atoms with Crippen molar-refractivity contribution in [2.75, 3.05) is 0 Å². The quantitative estimate of drug-likeness (QED) is 0.630. The van der Waals surface area contributed by atoms with E-state index in [4.69, 9.17) is 5.73 Å². The van der Waals surface area contributed by atoms with E-state index < -0.39 is 0 Å². The van der Waals surface area contributed by atoms with E-state index in [2.05, 4.69) is 20.8 Å². The summed E-state index contributed by atoms with van der Waals surface area (Å²) in [4.78, 5) is 0. The smallest absolute Gasteiger partial charge is 0.00957 e. The maximum absolute atomic E-state index is 6.14. The molecule has 1 nitrogen and oxygen atoms in total. The van der Waals surface area contributed by atoms with E-state index in [1.807, 2.05) is 0 Å². The van der Waals surface area contributed by atoms with Gasteiger partial charge in [0.15, 0.2) is 0 Å². The Morgan fingerprint density at radius 2 is 1.50 bits per heavy atom. The van der Waals surface area contributed by atoms with Crippen molar-refractivity contribution < 1.29 is 0 Å². The highest BCUT2D eigenvalue weighted by Crippen LogP contribution is 2.54. The van der Waals surface area contributed by atoms with Crippen LogP contribution < -0.4 is 5.73 Å². The molecule has 14 heavy (non-hydrogen) atoms. The van der Waals surface area contributed by atoms with Crippen molar-refractivity contribution in [2.45, 2.75) is 65.3 Å². The Kier molecular flexibility index (Phi) is 2.42. The number of hydrogen-bond acceptors (Lipinski definition) is 1. The third-order valence-electron chi connectivity index (χ3n) is 4.95. The second kappa shape index (κ2) is 3.23. The molecule has 0 amide bonds. The van der Waals surface area contributed by atoms with Crippen LogP contribution >= 0.6 is 0 Å². The van der Waals surface area contributed by atoms with Gasteiger partial charge in [-0.25, -0.2) is 0 Å². The lowest BCUT2D eigenvalue weighted by molar-refractivity contribution is 0.00445. The molecule has 0 radical (unpaired) electrons. The summed E-state index contributed by atoms with van der Waals surface area (Å²) in [7, 11) is 0. The number of rotatable bonds is 0. The first-order chi connectivity index (χ1) is 6.44. The van der Waals surface area contributed by atoms with Gasteiger partial charge in [-0.15, -0.1) is 0 Å². The second-order valence-corrected chi connectivity index (χ2v) is 6.65. The lowest BCUT2D eigenvalue weighted by Crippen LogP contribution is -2.52. The Morgan fingerprint density at radius 1 is 1.00 bits per heavy atom. The van der Waals surface area contributed by atoms with E-state index in [-0.39, 0.29) is 0 Å². The van der Waals surface area contributed by atoms with Crippen LogP contribution in [0.3, 0.4) is 0 Å². The van der Waals surface area contributed by atoms with Gasteiger partial charge in [0.2, 0.25) is 0 Å². The predicted molar refractivity (Wildman–Crippen MR) is 61.1 cm³/mol. The molecule has 1 spiro atoms. The minimum absolute atomic E-state index is 0.509. The van der Waals surface area contributed by atoms with Gasteiger partial charge in [0.05, 0.1) is 0 Å². The van der Waals surface area contributed by atoms with E-state index >= 15 is 0 Å². The molecule has 0 aromatic carbocycles. The third kappa shape index (κ3) is 1.60. The molecule has 2 fully saturated rings. The highest BCUT2D eigenvalue weighted by Gasteiger charge is 2.47. The second-order valence-electron chi connectivity index (χ2n) is 6.65. The Balaban J connectivity index is 1.92. The fourth-order valence-electron chi connectivity index (χ4n) is 3.40. The summed E-state index contributed by atoms with van der Waals surface area (Å²) in [6.07, 6.45) is 8.31. The van der Waals surface area contributed by atoms with Crippen LogP contribution in [0, 0.1) is 16.7 Å². The van der Waals surface area contributed by atoms with Crippen molar-refractivity contribution in [1.29, 1.82) is 0 Å². The van der Waals surface area contributed by atoms with Crippen molar-refractivity contribution >= 4 is 0 Å². The van der Waals surface area contributed by atoms with E-state index in [1.165, 1.54) is 38.5 Å². The summed E-state index contributed by atoms with van der Waals surface area (Å²) >= 11 is 0. The number of nitrogens with two attached hydrogens (primary N) is 1. The zero-order chi connectivity index (χ0) is 10.4. The van der Waals surface area contributed by atoms with Crippen LogP contribution in [-0.4, -0.2) is 6.04 Å². The van der Waals surface area contributed by atoms with Gasteiger partial charge in [-0.2, -0.15) is 0 Å². The Hall–Kier alpha value is -0.0400. The molecule has 1 atom stereocenters. The van der Waals surface area contributed by atoms with Crippen molar-refractivity contribution in [1.82, 2.24) is 0 Å². The molecule has 2 aliphatic rings. The minimum Gasteiger partial charge on any atom is -0.327 e. The van der Waals surface area contributed by atoms with Crippen LogP contribution in [0.1, 0.15) is 59.3 Å². The largest absolute Gasteiger partial charge is 0.327 e. The zero-order valence-electron chi connectivity index (χ0n) is 9.97. The van der Waals surface area contributed by atoms with Crippen molar-refractivity contribution in [2.24, 2.45) is 22.5 Å². The summed E-state index contributed by atoms with van der Waals surface area (Å²) in [6.45, 7) is 7.16. The molecule has 0 bridgehead atoms. The molecule has 2 rings (SSSR count). The highest BCUT2D eigenvalue weighted by molar-refractivity contribution is 5.01. The van der Waals surface area contributed by atoms with Crippen molar-refractivity contribution in [3.05, 3.63) is 0 Å². The molecule has 1 heteroatoms. The van der Waals surface area contributed by atoms with Gasteiger partial charge in [-0.1, -0.05) is 20.8 Å². The summed E-state index contributed by atoms with van der Waals surface area (Å²) in [6, 6.07) is 0.531. The standard InChI is InChI=1S/C13H25N/c1-12(2,3)10-4-7-13(8-5-10)9-6-11(13)14/h10-11H,4-9,14H2,1-3H3/t10?,11-,13?/m1/s1. The first kappa shape index (κ1) is 10.5. The van der Waals surface area contributed by atoms with Gasteiger partial charge >= 0.3 is 0 Å². The van der Waals surface area contributed by atoms with Crippen LogP contribution in [0.5, 0.6) is 0 Å². The van der Waals surface area contributed by atoms with Gasteiger partial charge in [0.25, 0.3) is 0 Å². The summed E-state index contributed by atoms with van der Waals surface area (Å²) < 4.78 is 0. The van der Waals surface area contributed by atoms with Crippen LogP contribution in [0.2, 0.25) is 0 Å². The Bertz CT molecular complexity index is 206. The van der Waals surface area contributed by atoms with Crippen LogP contribution in [-0.2, 0) is 0 Å². The average Bonchev–Trinajstić information content (AvgIpc) is 2.14. The molecule has 0 unspecified atom stereocenters. The van der Waals surface area contributed by atoms with Crippen LogP contribution in [0.15, 0.2) is 0 Å². The average molecular weight is 195 g/mol.